The molecular formula is C31H42N2O6. The van der Waals surface area contributed by atoms with Crippen molar-refractivity contribution >= 4 is 23.5 Å². The van der Waals surface area contributed by atoms with Crippen molar-refractivity contribution in [3.63, 3.8) is 0 Å². The smallest absolute Gasteiger partial charge is 0.312 e. The van der Waals surface area contributed by atoms with Gasteiger partial charge < -0.3 is 24.4 Å². The zero-order valence-corrected chi connectivity index (χ0v) is 23.4. The van der Waals surface area contributed by atoms with Crippen LogP contribution in [0.2, 0.25) is 0 Å². The van der Waals surface area contributed by atoms with Gasteiger partial charge in [0, 0.05) is 12.2 Å². The number of amides is 2. The van der Waals surface area contributed by atoms with Crippen molar-refractivity contribution in [3.05, 3.63) is 54.6 Å². The van der Waals surface area contributed by atoms with Crippen molar-refractivity contribution in [1.82, 2.24) is 4.90 Å². The lowest BCUT2D eigenvalue weighted by atomic mass is 9.70. The maximum atomic E-state index is 14.6. The van der Waals surface area contributed by atoms with Crippen molar-refractivity contribution in [2.24, 2.45) is 11.8 Å². The van der Waals surface area contributed by atoms with Crippen LogP contribution in [0.3, 0.4) is 0 Å². The van der Waals surface area contributed by atoms with E-state index in [1.165, 1.54) is 4.90 Å². The van der Waals surface area contributed by atoms with Gasteiger partial charge in [-0.1, -0.05) is 31.2 Å². The SMILES string of the molecule is C=CCCCCOC(=O)[C@@H]1[C@@H]2CCC3(O2)C(C(=O)N(CC=C)c2cc(C)ccc2C)N([C@@H](CC)CO)C(=O)[C@H]13. The first kappa shape index (κ1) is 29.0. The monoisotopic (exact) mass is 538 g/mol. The molecule has 0 aromatic heterocycles. The molecule has 0 radical (unpaired) electrons. The fourth-order valence-corrected chi connectivity index (χ4v) is 6.70. The maximum Gasteiger partial charge on any atom is 0.312 e. The van der Waals surface area contributed by atoms with E-state index in [9.17, 15) is 19.5 Å². The number of hydrogen-bond donors (Lipinski definition) is 1. The zero-order chi connectivity index (χ0) is 28.3. The number of esters is 1. The fraction of sp³-hybridized carbons (Fsp3) is 0.581. The van der Waals surface area contributed by atoms with Crippen molar-refractivity contribution in [2.75, 3.05) is 24.7 Å². The van der Waals surface area contributed by atoms with E-state index in [1.807, 2.05) is 45.0 Å². The van der Waals surface area contributed by atoms with Crippen LogP contribution in [0.15, 0.2) is 43.5 Å². The van der Waals surface area contributed by atoms with Gasteiger partial charge in [0.15, 0.2) is 0 Å². The van der Waals surface area contributed by atoms with Crippen molar-refractivity contribution in [1.29, 1.82) is 0 Å². The normalized spacial score (nSPS) is 27.8. The number of allylic oxidation sites excluding steroid dienone is 1. The summed E-state index contributed by atoms with van der Waals surface area (Å²) in [6.45, 7) is 13.6. The van der Waals surface area contributed by atoms with Crippen LogP contribution in [-0.2, 0) is 23.9 Å². The van der Waals surface area contributed by atoms with Crippen molar-refractivity contribution in [3.8, 4) is 0 Å². The number of unbranched alkanes of at least 4 members (excludes halogenated alkanes) is 2. The molecule has 3 aliphatic rings. The Bertz CT molecular complexity index is 1110. The molecule has 2 unspecified atom stereocenters. The number of benzene rings is 1. The van der Waals surface area contributed by atoms with Gasteiger partial charge in [0.05, 0.1) is 37.2 Å². The molecule has 0 aliphatic carbocycles. The third kappa shape index (κ3) is 5.05. The standard InChI is InChI=1S/C31H42N2O6/c1-6-9-10-11-17-38-30(37)25-24-14-15-31(39-24)26(25)28(35)33(22(8-3)19-34)27(31)29(36)32(16-7-2)23-18-20(4)12-13-21(23)5/h6-7,12-13,18,22,24-27,34H,1-2,8-11,14-17,19H2,3-5H3/t22-,24-,25+,26-,27?,31?/m0/s1. The Morgan fingerprint density at radius 3 is 2.72 bits per heavy atom. The van der Waals surface area contributed by atoms with Gasteiger partial charge in [-0.3, -0.25) is 14.4 Å². The summed E-state index contributed by atoms with van der Waals surface area (Å²) in [6, 6.07) is 4.37. The van der Waals surface area contributed by atoms with Crippen LogP contribution in [0.4, 0.5) is 5.69 Å². The van der Waals surface area contributed by atoms with E-state index in [0.29, 0.717) is 25.7 Å². The summed E-state index contributed by atoms with van der Waals surface area (Å²) in [5.74, 6) is -2.64. The number of fused-ring (bicyclic) bond motifs is 1. The molecule has 3 fully saturated rings. The molecule has 1 spiro atoms. The molecule has 1 aromatic rings. The number of rotatable bonds is 13. The highest BCUT2D eigenvalue weighted by Crippen LogP contribution is 2.59. The number of aliphatic hydroxyl groups excluding tert-OH is 1. The van der Waals surface area contributed by atoms with Gasteiger partial charge in [-0.05, 0) is 69.6 Å². The van der Waals surface area contributed by atoms with Crippen LogP contribution in [-0.4, -0.2) is 71.3 Å². The summed E-state index contributed by atoms with van der Waals surface area (Å²) in [5.41, 5.74) is 1.52. The molecule has 2 bridgehead atoms. The number of anilines is 1. The summed E-state index contributed by atoms with van der Waals surface area (Å²) in [5, 5.41) is 10.3. The van der Waals surface area contributed by atoms with Gasteiger partial charge >= 0.3 is 5.97 Å². The maximum absolute atomic E-state index is 14.6. The second-order valence-corrected chi connectivity index (χ2v) is 11.0. The first-order chi connectivity index (χ1) is 18.7. The number of nitrogens with zero attached hydrogens (tertiary/aromatic N) is 2. The number of aliphatic hydroxyl groups is 1. The van der Waals surface area contributed by atoms with E-state index in [-0.39, 0.29) is 31.6 Å². The highest BCUT2D eigenvalue weighted by Gasteiger charge is 2.75. The summed E-state index contributed by atoms with van der Waals surface area (Å²) in [7, 11) is 0. The number of aryl methyl sites for hydroxylation is 2. The quantitative estimate of drug-likeness (QED) is 0.233. The van der Waals surface area contributed by atoms with E-state index < -0.39 is 41.6 Å². The van der Waals surface area contributed by atoms with Gasteiger partial charge in [-0.25, -0.2) is 0 Å². The van der Waals surface area contributed by atoms with Gasteiger partial charge in [-0.2, -0.15) is 0 Å². The highest BCUT2D eigenvalue weighted by atomic mass is 16.6. The van der Waals surface area contributed by atoms with Crippen LogP contribution in [0, 0.1) is 25.7 Å². The second-order valence-electron chi connectivity index (χ2n) is 11.0. The van der Waals surface area contributed by atoms with Crippen LogP contribution in [0.1, 0.15) is 56.6 Å². The largest absolute Gasteiger partial charge is 0.465 e. The Morgan fingerprint density at radius 1 is 1.28 bits per heavy atom. The summed E-state index contributed by atoms with van der Waals surface area (Å²) in [6.07, 6.45) is 6.96. The molecule has 4 rings (SSSR count). The predicted octanol–water partition coefficient (Wildman–Crippen LogP) is 3.87. The van der Waals surface area contributed by atoms with Crippen LogP contribution < -0.4 is 4.90 Å². The van der Waals surface area contributed by atoms with Gasteiger partial charge in [0.25, 0.3) is 5.91 Å². The fourth-order valence-electron chi connectivity index (χ4n) is 6.70. The Kier molecular flexibility index (Phi) is 8.96. The molecule has 39 heavy (non-hydrogen) atoms. The minimum atomic E-state index is -1.15. The molecule has 3 heterocycles. The first-order valence-electron chi connectivity index (χ1n) is 14.1. The molecule has 3 aliphatic heterocycles. The number of carbonyl (C=O) groups is 3. The lowest BCUT2D eigenvalue weighted by molar-refractivity contribution is -0.156. The lowest BCUT2D eigenvalue weighted by Gasteiger charge is -2.39. The topological polar surface area (TPSA) is 96.4 Å². The summed E-state index contributed by atoms with van der Waals surface area (Å²) >= 11 is 0. The number of ether oxygens (including phenoxy) is 2. The van der Waals surface area contributed by atoms with E-state index in [2.05, 4.69) is 13.2 Å². The molecule has 1 aromatic carbocycles. The molecule has 1 N–H and O–H groups in total. The molecule has 8 nitrogen and oxygen atoms in total. The van der Waals surface area contributed by atoms with E-state index >= 15 is 0 Å². The molecule has 2 amide bonds. The number of carbonyl (C=O) groups excluding carboxylic acids is 3. The highest BCUT2D eigenvalue weighted by molar-refractivity contribution is 6.05. The third-order valence-electron chi connectivity index (χ3n) is 8.60. The minimum Gasteiger partial charge on any atom is -0.465 e. The Balaban J connectivity index is 1.72. The molecule has 8 heteroatoms. The molecular weight excluding hydrogens is 496 g/mol. The molecule has 212 valence electrons. The van der Waals surface area contributed by atoms with Gasteiger partial charge in [-0.15, -0.1) is 13.2 Å². The average Bonchev–Trinajstić information content (AvgIpc) is 3.57. The van der Waals surface area contributed by atoms with Crippen LogP contribution in [0.5, 0.6) is 0 Å². The molecule has 3 saturated heterocycles. The van der Waals surface area contributed by atoms with Crippen molar-refractivity contribution < 1.29 is 29.0 Å². The average molecular weight is 539 g/mol. The second kappa shape index (κ2) is 12.0. The zero-order valence-electron chi connectivity index (χ0n) is 23.4. The number of likely N-dealkylation sites (tertiary alicyclic amines) is 1. The molecule has 0 saturated carbocycles. The van der Waals surface area contributed by atoms with Gasteiger partial charge in [0.1, 0.15) is 11.6 Å². The minimum absolute atomic E-state index is 0.248. The van der Waals surface area contributed by atoms with Crippen LogP contribution in [0.25, 0.3) is 0 Å². The Hall–Kier alpha value is -2.97. The Morgan fingerprint density at radius 2 is 2.05 bits per heavy atom. The number of hydrogen-bond acceptors (Lipinski definition) is 6. The van der Waals surface area contributed by atoms with E-state index in [4.69, 9.17) is 9.47 Å². The summed E-state index contributed by atoms with van der Waals surface area (Å²) < 4.78 is 12.1. The van der Waals surface area contributed by atoms with Crippen molar-refractivity contribution in [2.45, 2.75) is 83.1 Å². The summed E-state index contributed by atoms with van der Waals surface area (Å²) in [4.78, 5) is 45.2. The van der Waals surface area contributed by atoms with E-state index in [1.54, 1.807) is 11.0 Å². The van der Waals surface area contributed by atoms with Crippen LogP contribution >= 0.6 is 0 Å². The molecule has 6 atom stereocenters. The van der Waals surface area contributed by atoms with Gasteiger partial charge in [0.2, 0.25) is 5.91 Å². The lowest BCUT2D eigenvalue weighted by Crippen LogP contribution is -2.59. The predicted molar refractivity (Wildman–Crippen MR) is 149 cm³/mol. The van der Waals surface area contributed by atoms with E-state index in [0.717, 1.165) is 29.7 Å². The third-order valence-corrected chi connectivity index (χ3v) is 8.60. The first-order valence-corrected chi connectivity index (χ1v) is 14.1. The Labute approximate surface area is 231 Å².